The molecule has 0 aliphatic heterocycles. The van der Waals surface area contributed by atoms with Crippen LogP contribution in [-0.2, 0) is 0 Å². The Labute approximate surface area is 219 Å². The van der Waals surface area contributed by atoms with Gasteiger partial charge in [-0.3, -0.25) is 0 Å². The van der Waals surface area contributed by atoms with Crippen LogP contribution in [0.25, 0.3) is 22.3 Å². The largest absolute Gasteiger partial charge is 0.491 e. The smallest absolute Gasteiger partial charge is 0.346 e. The van der Waals surface area contributed by atoms with Gasteiger partial charge in [0.15, 0.2) is 23.2 Å². The van der Waals surface area contributed by atoms with Gasteiger partial charge in [0.25, 0.3) is 0 Å². The molecule has 0 saturated carbocycles. The van der Waals surface area contributed by atoms with Crippen molar-refractivity contribution in [2.75, 3.05) is 6.61 Å². The van der Waals surface area contributed by atoms with Crippen molar-refractivity contribution in [3.05, 3.63) is 107 Å². The van der Waals surface area contributed by atoms with Crippen molar-refractivity contribution in [1.29, 1.82) is 0 Å². The van der Waals surface area contributed by atoms with Gasteiger partial charge >= 0.3 is 5.97 Å². The summed E-state index contributed by atoms with van der Waals surface area (Å²) in [6.07, 6.45) is 0.791. The fraction of sp³-hybridized carbons (Fsp3) is 0.194. The molecule has 38 heavy (non-hydrogen) atoms. The number of ether oxygens (including phenoxy) is 2. The van der Waals surface area contributed by atoms with Gasteiger partial charge < -0.3 is 14.6 Å². The molecule has 1 unspecified atom stereocenters. The van der Waals surface area contributed by atoms with Crippen molar-refractivity contribution >= 4 is 5.97 Å². The van der Waals surface area contributed by atoms with Crippen molar-refractivity contribution in [3.8, 4) is 33.8 Å². The van der Waals surface area contributed by atoms with E-state index in [4.69, 9.17) is 9.47 Å². The van der Waals surface area contributed by atoms with Crippen LogP contribution in [0.2, 0.25) is 0 Å². The predicted octanol–water partition coefficient (Wildman–Crippen LogP) is 7.89. The number of halogens is 3. The van der Waals surface area contributed by atoms with Crippen LogP contribution in [0.15, 0.2) is 78.9 Å². The van der Waals surface area contributed by atoms with Crippen LogP contribution in [0, 0.1) is 17.5 Å². The highest BCUT2D eigenvalue weighted by Crippen LogP contribution is 2.30. The summed E-state index contributed by atoms with van der Waals surface area (Å²) in [5, 5.41) is 10.1. The molecule has 0 saturated heterocycles. The van der Waals surface area contributed by atoms with E-state index in [9.17, 15) is 23.1 Å². The molecule has 1 N–H and O–H groups in total. The van der Waals surface area contributed by atoms with Crippen LogP contribution in [0.3, 0.4) is 0 Å². The summed E-state index contributed by atoms with van der Waals surface area (Å²) in [6.45, 7) is 4.07. The van der Waals surface area contributed by atoms with E-state index < -0.39 is 35.1 Å². The van der Waals surface area contributed by atoms with Crippen molar-refractivity contribution in [3.63, 3.8) is 0 Å². The number of hydrogen-bond acceptors (Lipinski definition) is 4. The molecule has 1 atom stereocenters. The lowest BCUT2D eigenvalue weighted by Crippen LogP contribution is -2.12. The Morgan fingerprint density at radius 3 is 2.11 bits per heavy atom. The fourth-order valence-corrected chi connectivity index (χ4v) is 4.09. The van der Waals surface area contributed by atoms with Crippen molar-refractivity contribution in [1.82, 2.24) is 0 Å². The van der Waals surface area contributed by atoms with Gasteiger partial charge in [0.05, 0.1) is 18.3 Å². The summed E-state index contributed by atoms with van der Waals surface area (Å²) in [7, 11) is 0. The van der Waals surface area contributed by atoms with Gasteiger partial charge in [-0.1, -0.05) is 61.9 Å². The molecular weight excluding hydrogens is 493 g/mol. The van der Waals surface area contributed by atoms with Gasteiger partial charge in [-0.2, -0.15) is 0 Å². The molecule has 4 rings (SSSR count). The predicted molar refractivity (Wildman–Crippen MR) is 140 cm³/mol. The summed E-state index contributed by atoms with van der Waals surface area (Å²) in [6, 6.07) is 19.8. The maximum Gasteiger partial charge on any atom is 0.346 e. The van der Waals surface area contributed by atoms with E-state index in [-0.39, 0.29) is 17.1 Å². The number of aliphatic hydroxyl groups is 1. The number of esters is 1. The average Bonchev–Trinajstić information content (AvgIpc) is 2.92. The molecule has 0 aliphatic rings. The topological polar surface area (TPSA) is 55.8 Å². The van der Waals surface area contributed by atoms with Crippen LogP contribution in [0.1, 0.15) is 48.7 Å². The van der Waals surface area contributed by atoms with Crippen LogP contribution in [0.4, 0.5) is 13.2 Å². The van der Waals surface area contributed by atoms with Gasteiger partial charge in [0, 0.05) is 5.56 Å². The Kier molecular flexibility index (Phi) is 8.48. The summed E-state index contributed by atoms with van der Waals surface area (Å²) < 4.78 is 54.4. The Hall–Kier alpha value is -4.10. The first-order chi connectivity index (χ1) is 18.3. The molecule has 0 aromatic heterocycles. The first-order valence-corrected chi connectivity index (χ1v) is 12.3. The molecule has 0 bridgehead atoms. The lowest BCUT2D eigenvalue weighted by atomic mass is 9.98. The van der Waals surface area contributed by atoms with Gasteiger partial charge in [0.2, 0.25) is 0 Å². The zero-order valence-corrected chi connectivity index (χ0v) is 21.0. The van der Waals surface area contributed by atoms with E-state index in [1.54, 1.807) is 49.4 Å². The molecule has 0 aliphatic carbocycles. The van der Waals surface area contributed by atoms with Crippen LogP contribution >= 0.6 is 0 Å². The van der Waals surface area contributed by atoms with E-state index in [0.717, 1.165) is 6.42 Å². The average molecular weight is 521 g/mol. The van der Waals surface area contributed by atoms with Gasteiger partial charge in [-0.25, -0.2) is 18.0 Å². The first kappa shape index (κ1) is 26.9. The molecule has 0 heterocycles. The van der Waals surface area contributed by atoms with E-state index in [1.165, 1.54) is 36.4 Å². The van der Waals surface area contributed by atoms with Crippen molar-refractivity contribution in [2.45, 2.75) is 32.8 Å². The molecular formula is C31H27F3O4. The van der Waals surface area contributed by atoms with Gasteiger partial charge in [-0.15, -0.1) is 0 Å². The normalized spacial score (nSPS) is 11.7. The lowest BCUT2D eigenvalue weighted by Gasteiger charge is -2.12. The third-order valence-electron chi connectivity index (χ3n) is 6.10. The van der Waals surface area contributed by atoms with E-state index in [0.29, 0.717) is 35.3 Å². The molecule has 196 valence electrons. The van der Waals surface area contributed by atoms with Crippen molar-refractivity contribution < 1.29 is 32.5 Å². The zero-order valence-electron chi connectivity index (χ0n) is 21.0. The molecule has 7 heteroatoms. The number of aliphatic hydroxyl groups excluding tert-OH is 1. The van der Waals surface area contributed by atoms with Crippen LogP contribution in [0.5, 0.6) is 11.5 Å². The monoisotopic (exact) mass is 520 g/mol. The summed E-state index contributed by atoms with van der Waals surface area (Å²) in [5.41, 5.74) is 1.81. The summed E-state index contributed by atoms with van der Waals surface area (Å²) in [5.74, 6) is -3.75. The Morgan fingerprint density at radius 1 is 0.816 bits per heavy atom. The zero-order chi connectivity index (χ0) is 27.2. The number of rotatable bonds is 9. The SMILES string of the molecule is CCCC(O)c1ccc(-c2ccc(C(=O)Oc3ccc(-c4ccc(OCC)c(F)c4)cc3)c(F)c2F)cc1. The molecule has 0 radical (unpaired) electrons. The third kappa shape index (κ3) is 5.89. The third-order valence-corrected chi connectivity index (χ3v) is 6.10. The Balaban J connectivity index is 1.48. The molecule has 0 spiro atoms. The standard InChI is InChI=1S/C31H27F3O4/c1-3-5-27(35)21-8-6-20(7-9-21)24-15-16-25(30(34)29(24)33)31(36)38-23-13-10-19(11-14-23)22-12-17-28(37-4-2)26(32)18-22/h6-18,27,35H,3-5H2,1-2H3. The van der Waals surface area contributed by atoms with E-state index in [1.807, 2.05) is 6.92 Å². The number of carbonyl (C=O) groups excluding carboxylic acids is 1. The summed E-state index contributed by atoms with van der Waals surface area (Å²) in [4.78, 5) is 12.6. The molecule has 4 aromatic carbocycles. The van der Waals surface area contributed by atoms with E-state index >= 15 is 0 Å². The minimum Gasteiger partial charge on any atom is -0.491 e. The Morgan fingerprint density at radius 2 is 1.47 bits per heavy atom. The first-order valence-electron chi connectivity index (χ1n) is 12.3. The second-order valence-electron chi connectivity index (χ2n) is 8.71. The minimum absolute atomic E-state index is 0.0116. The second-order valence-corrected chi connectivity index (χ2v) is 8.71. The minimum atomic E-state index is -1.32. The second kappa shape index (κ2) is 12.0. The summed E-state index contributed by atoms with van der Waals surface area (Å²) >= 11 is 0. The van der Waals surface area contributed by atoms with Crippen molar-refractivity contribution in [2.24, 2.45) is 0 Å². The fourth-order valence-electron chi connectivity index (χ4n) is 4.09. The molecule has 0 fully saturated rings. The van der Waals surface area contributed by atoms with Crippen LogP contribution in [-0.4, -0.2) is 17.7 Å². The number of benzene rings is 4. The highest BCUT2D eigenvalue weighted by molar-refractivity contribution is 5.92. The maximum absolute atomic E-state index is 14.9. The highest BCUT2D eigenvalue weighted by Gasteiger charge is 2.21. The van der Waals surface area contributed by atoms with Gasteiger partial charge in [0.1, 0.15) is 5.75 Å². The molecule has 4 aromatic rings. The number of carbonyl (C=O) groups is 1. The lowest BCUT2D eigenvalue weighted by molar-refractivity contribution is 0.0728. The number of hydrogen-bond donors (Lipinski definition) is 1. The molecule has 0 amide bonds. The van der Waals surface area contributed by atoms with Crippen LogP contribution < -0.4 is 9.47 Å². The maximum atomic E-state index is 14.9. The van der Waals surface area contributed by atoms with E-state index in [2.05, 4.69) is 0 Å². The molecule has 4 nitrogen and oxygen atoms in total. The van der Waals surface area contributed by atoms with Gasteiger partial charge in [-0.05, 0) is 65.9 Å². The Bertz CT molecular complexity index is 1420. The highest BCUT2D eigenvalue weighted by atomic mass is 19.2. The quantitative estimate of drug-likeness (QED) is 0.180.